The van der Waals surface area contributed by atoms with Crippen molar-refractivity contribution in [3.63, 3.8) is 0 Å². The van der Waals surface area contributed by atoms with Crippen LogP contribution in [0.5, 0.6) is 0 Å². The highest BCUT2D eigenvalue weighted by molar-refractivity contribution is 14.1. The van der Waals surface area contributed by atoms with E-state index in [0.717, 1.165) is 23.1 Å². The maximum Gasteiger partial charge on any atom is 0.0456 e. The lowest BCUT2D eigenvalue weighted by molar-refractivity contribution is 0.432. The molecule has 0 aromatic heterocycles. The molecule has 1 aliphatic rings. The van der Waals surface area contributed by atoms with Gasteiger partial charge >= 0.3 is 0 Å². The topological polar surface area (TPSA) is 12.0 Å². The molecule has 0 radical (unpaired) electrons. The molecule has 3 rings (SSSR count). The van der Waals surface area contributed by atoms with Gasteiger partial charge in [0.05, 0.1) is 0 Å². The van der Waals surface area contributed by atoms with Crippen molar-refractivity contribution in [2.24, 2.45) is 5.92 Å². The zero-order valence-electron chi connectivity index (χ0n) is 11.2. The molecule has 1 fully saturated rings. The predicted octanol–water partition coefficient (Wildman–Crippen LogP) is 5.07. The van der Waals surface area contributed by atoms with Gasteiger partial charge in [-0.05, 0) is 78.7 Å². The van der Waals surface area contributed by atoms with Gasteiger partial charge in [-0.15, -0.1) is 0 Å². The molecule has 1 N–H and O–H groups in total. The second-order valence-electron chi connectivity index (χ2n) is 4.52. The number of benzene rings is 2. The Balaban J connectivity index is 0.000000173. The Morgan fingerprint density at radius 3 is 2.05 bits per heavy atom. The standard InChI is InChI=1S/C11H10BrN.C6H4BrI/c12-11-4-2-1-3-10(11)6-5-9-7-13-8-9;7-5-3-1-2-4-6(5)8/h1-4,9,13H,7-8H2;1-4H. The van der Waals surface area contributed by atoms with E-state index in [-0.39, 0.29) is 0 Å². The molecule has 0 bridgehead atoms. The molecule has 108 valence electrons. The molecule has 1 aliphatic heterocycles. The summed E-state index contributed by atoms with van der Waals surface area (Å²) in [5.41, 5.74) is 1.08. The maximum absolute atomic E-state index is 3.47. The van der Waals surface area contributed by atoms with E-state index >= 15 is 0 Å². The van der Waals surface area contributed by atoms with Crippen molar-refractivity contribution >= 4 is 54.5 Å². The molecule has 1 heterocycles. The second-order valence-corrected chi connectivity index (χ2v) is 7.39. The molecular weight excluding hydrogens is 505 g/mol. The first-order chi connectivity index (χ1) is 10.2. The van der Waals surface area contributed by atoms with Crippen molar-refractivity contribution in [3.05, 3.63) is 66.6 Å². The fraction of sp³-hybridized carbons (Fsp3) is 0.176. The molecule has 2 aromatic carbocycles. The fourth-order valence-electron chi connectivity index (χ4n) is 1.57. The van der Waals surface area contributed by atoms with Crippen molar-refractivity contribution in [1.82, 2.24) is 5.32 Å². The third-order valence-corrected chi connectivity index (χ3v) is 5.96. The van der Waals surface area contributed by atoms with E-state index in [9.17, 15) is 0 Å². The van der Waals surface area contributed by atoms with E-state index in [0.29, 0.717) is 5.92 Å². The maximum atomic E-state index is 3.47. The first-order valence-corrected chi connectivity index (χ1v) is 9.20. The second kappa shape index (κ2) is 8.94. The Morgan fingerprint density at radius 1 is 0.952 bits per heavy atom. The number of halogens is 3. The Kier molecular flexibility index (Phi) is 7.24. The average molecular weight is 519 g/mol. The van der Waals surface area contributed by atoms with E-state index in [1.54, 1.807) is 0 Å². The van der Waals surface area contributed by atoms with Gasteiger partial charge < -0.3 is 5.32 Å². The Hall–Kier alpha value is -0.350. The van der Waals surface area contributed by atoms with Gasteiger partial charge in [0, 0.05) is 37.1 Å². The molecule has 0 spiro atoms. The monoisotopic (exact) mass is 517 g/mol. The summed E-state index contributed by atoms with van der Waals surface area (Å²) in [4.78, 5) is 0. The van der Waals surface area contributed by atoms with Crippen LogP contribution in [0.25, 0.3) is 0 Å². The average Bonchev–Trinajstić information content (AvgIpc) is 2.43. The zero-order valence-corrected chi connectivity index (χ0v) is 16.6. The molecule has 1 nitrogen and oxygen atoms in total. The first-order valence-electron chi connectivity index (χ1n) is 6.53. The van der Waals surface area contributed by atoms with Crippen LogP contribution in [0.1, 0.15) is 5.56 Å². The van der Waals surface area contributed by atoms with Crippen molar-refractivity contribution in [1.29, 1.82) is 0 Å². The number of hydrogen-bond acceptors (Lipinski definition) is 1. The van der Waals surface area contributed by atoms with Crippen molar-refractivity contribution < 1.29 is 0 Å². The summed E-state index contributed by atoms with van der Waals surface area (Å²) in [5.74, 6) is 6.96. The highest BCUT2D eigenvalue weighted by Crippen LogP contribution is 2.17. The van der Waals surface area contributed by atoms with Gasteiger partial charge in [-0.25, -0.2) is 0 Å². The molecule has 1 saturated heterocycles. The van der Waals surface area contributed by atoms with Crippen LogP contribution in [0.15, 0.2) is 57.5 Å². The smallest absolute Gasteiger partial charge is 0.0456 e. The van der Waals surface area contributed by atoms with Crippen molar-refractivity contribution in [3.8, 4) is 11.8 Å². The lowest BCUT2D eigenvalue weighted by Crippen LogP contribution is -2.40. The molecule has 0 aliphatic carbocycles. The normalized spacial score (nSPS) is 13.3. The van der Waals surface area contributed by atoms with Crippen LogP contribution in [0.3, 0.4) is 0 Å². The van der Waals surface area contributed by atoms with Gasteiger partial charge in [0.15, 0.2) is 0 Å². The molecular formula is C17H14Br2IN. The minimum Gasteiger partial charge on any atom is -0.314 e. The summed E-state index contributed by atoms with van der Waals surface area (Å²) >= 11 is 9.13. The third-order valence-electron chi connectivity index (χ3n) is 2.89. The lowest BCUT2D eigenvalue weighted by atomic mass is 10.0. The van der Waals surface area contributed by atoms with E-state index in [1.165, 1.54) is 8.04 Å². The van der Waals surface area contributed by atoms with Gasteiger partial charge in [-0.1, -0.05) is 36.1 Å². The molecule has 4 heteroatoms. The Bertz CT molecular complexity index is 636. The van der Waals surface area contributed by atoms with Gasteiger partial charge in [0.2, 0.25) is 0 Å². The first kappa shape index (κ1) is 17.0. The van der Waals surface area contributed by atoms with E-state index < -0.39 is 0 Å². The van der Waals surface area contributed by atoms with Gasteiger partial charge in [-0.3, -0.25) is 0 Å². The minimum atomic E-state index is 0.548. The van der Waals surface area contributed by atoms with Crippen LogP contribution in [-0.4, -0.2) is 13.1 Å². The van der Waals surface area contributed by atoms with E-state index in [2.05, 4.69) is 77.7 Å². The lowest BCUT2D eigenvalue weighted by Gasteiger charge is -2.21. The SMILES string of the molecule is Brc1ccccc1C#CC1CNC1.Brc1ccccc1I. The van der Waals surface area contributed by atoms with Crippen LogP contribution in [0, 0.1) is 21.3 Å². The van der Waals surface area contributed by atoms with Crippen molar-refractivity contribution in [2.75, 3.05) is 13.1 Å². The molecule has 0 amide bonds. The van der Waals surface area contributed by atoms with Gasteiger partial charge in [0.25, 0.3) is 0 Å². The number of nitrogens with one attached hydrogen (secondary N) is 1. The molecule has 0 atom stereocenters. The van der Waals surface area contributed by atoms with Crippen LogP contribution in [0.4, 0.5) is 0 Å². The highest BCUT2D eigenvalue weighted by Gasteiger charge is 2.12. The minimum absolute atomic E-state index is 0.548. The van der Waals surface area contributed by atoms with Gasteiger partial charge in [0.1, 0.15) is 0 Å². The third kappa shape index (κ3) is 5.74. The summed E-state index contributed by atoms with van der Waals surface area (Å²) in [6, 6.07) is 16.2. The van der Waals surface area contributed by atoms with E-state index in [1.807, 2.05) is 42.5 Å². The number of rotatable bonds is 0. The fourth-order valence-corrected chi connectivity index (χ4v) is 2.63. The van der Waals surface area contributed by atoms with Crippen LogP contribution >= 0.6 is 54.5 Å². The summed E-state index contributed by atoms with van der Waals surface area (Å²) in [6.07, 6.45) is 0. The van der Waals surface area contributed by atoms with Crippen LogP contribution in [0.2, 0.25) is 0 Å². The van der Waals surface area contributed by atoms with Crippen LogP contribution in [-0.2, 0) is 0 Å². The summed E-state index contributed by atoms with van der Waals surface area (Å²) in [5, 5.41) is 3.20. The highest BCUT2D eigenvalue weighted by atomic mass is 127. The summed E-state index contributed by atoms with van der Waals surface area (Å²) < 4.78 is 3.50. The summed E-state index contributed by atoms with van der Waals surface area (Å²) in [6.45, 7) is 2.08. The zero-order chi connectivity index (χ0) is 15.1. The predicted molar refractivity (Wildman–Crippen MR) is 104 cm³/mol. The van der Waals surface area contributed by atoms with Crippen molar-refractivity contribution in [2.45, 2.75) is 0 Å². The molecule has 0 unspecified atom stereocenters. The summed E-state index contributed by atoms with van der Waals surface area (Å²) in [7, 11) is 0. The quantitative estimate of drug-likeness (QED) is 0.379. The van der Waals surface area contributed by atoms with Gasteiger partial charge in [-0.2, -0.15) is 0 Å². The Labute approximate surface area is 156 Å². The Morgan fingerprint density at radius 2 is 1.57 bits per heavy atom. The largest absolute Gasteiger partial charge is 0.314 e. The number of hydrogen-bond donors (Lipinski definition) is 1. The molecule has 2 aromatic rings. The van der Waals surface area contributed by atoms with Crippen LogP contribution < -0.4 is 5.32 Å². The van der Waals surface area contributed by atoms with E-state index in [4.69, 9.17) is 0 Å². The molecule has 21 heavy (non-hydrogen) atoms. The molecule has 0 saturated carbocycles.